The van der Waals surface area contributed by atoms with Gasteiger partial charge in [-0.3, -0.25) is 0 Å². The van der Waals surface area contributed by atoms with Crippen LogP contribution in [-0.4, -0.2) is 9.78 Å². The third-order valence-corrected chi connectivity index (χ3v) is 3.59. The van der Waals surface area contributed by atoms with Gasteiger partial charge in [0.2, 0.25) is 0 Å². The van der Waals surface area contributed by atoms with Crippen molar-refractivity contribution >= 4 is 0 Å². The zero-order valence-electron chi connectivity index (χ0n) is 11.6. The van der Waals surface area contributed by atoms with Gasteiger partial charge in [-0.1, -0.05) is 13.0 Å². The van der Waals surface area contributed by atoms with Crippen LogP contribution in [-0.2, 0) is 13.0 Å². The minimum absolute atomic E-state index is 0.587. The summed E-state index contributed by atoms with van der Waals surface area (Å²) in [4.78, 5) is 0. The van der Waals surface area contributed by atoms with Gasteiger partial charge in [-0.05, 0) is 56.0 Å². The first-order valence-electron chi connectivity index (χ1n) is 6.43. The third kappa shape index (κ3) is 2.06. The van der Waals surface area contributed by atoms with Crippen LogP contribution < -0.4 is 5.73 Å². The maximum Gasteiger partial charge on any atom is 0.0651 e. The van der Waals surface area contributed by atoms with Gasteiger partial charge in [0.15, 0.2) is 0 Å². The van der Waals surface area contributed by atoms with Crippen LogP contribution in [0.5, 0.6) is 0 Å². The zero-order chi connectivity index (χ0) is 13.3. The van der Waals surface area contributed by atoms with Gasteiger partial charge in [0, 0.05) is 12.2 Å². The molecule has 1 aromatic heterocycles. The molecule has 0 aliphatic rings. The van der Waals surface area contributed by atoms with Crippen LogP contribution in [0.4, 0.5) is 0 Å². The van der Waals surface area contributed by atoms with Gasteiger partial charge < -0.3 is 5.73 Å². The predicted octanol–water partition coefficient (Wildman–Crippen LogP) is 2.82. The summed E-state index contributed by atoms with van der Waals surface area (Å²) in [7, 11) is 0. The van der Waals surface area contributed by atoms with E-state index in [-0.39, 0.29) is 0 Å². The average Bonchev–Trinajstić information content (AvgIpc) is 2.64. The number of benzene rings is 1. The minimum atomic E-state index is 0.587. The molecule has 18 heavy (non-hydrogen) atoms. The molecule has 0 radical (unpaired) electrons. The molecule has 0 saturated heterocycles. The summed E-state index contributed by atoms with van der Waals surface area (Å²) < 4.78 is 2.03. The number of rotatable bonds is 3. The Bertz CT molecular complexity index is 567. The maximum absolute atomic E-state index is 5.70. The first-order chi connectivity index (χ1) is 8.58. The van der Waals surface area contributed by atoms with Crippen molar-refractivity contribution in [1.82, 2.24) is 9.78 Å². The number of nitrogens with zero attached hydrogens (tertiary/aromatic N) is 2. The van der Waals surface area contributed by atoms with E-state index in [4.69, 9.17) is 5.73 Å². The Morgan fingerprint density at radius 3 is 2.44 bits per heavy atom. The molecule has 0 amide bonds. The minimum Gasteiger partial charge on any atom is -0.326 e. The summed E-state index contributed by atoms with van der Waals surface area (Å²) in [5.41, 5.74) is 12.9. The van der Waals surface area contributed by atoms with E-state index in [2.05, 4.69) is 51.0 Å². The van der Waals surface area contributed by atoms with Crippen molar-refractivity contribution in [2.75, 3.05) is 0 Å². The van der Waals surface area contributed by atoms with Crippen LogP contribution in [0.15, 0.2) is 18.2 Å². The third-order valence-electron chi connectivity index (χ3n) is 3.59. The highest BCUT2D eigenvalue weighted by molar-refractivity contribution is 5.42. The molecule has 2 N–H and O–H groups in total. The lowest BCUT2D eigenvalue weighted by atomic mass is 10.1. The lowest BCUT2D eigenvalue weighted by Crippen LogP contribution is -2.03. The predicted molar refractivity (Wildman–Crippen MR) is 75.0 cm³/mol. The Morgan fingerprint density at radius 1 is 1.22 bits per heavy atom. The van der Waals surface area contributed by atoms with Gasteiger partial charge in [0.1, 0.15) is 0 Å². The van der Waals surface area contributed by atoms with Crippen LogP contribution in [0.3, 0.4) is 0 Å². The molecular weight excluding hydrogens is 222 g/mol. The molecule has 0 spiro atoms. The number of hydrogen-bond donors (Lipinski definition) is 1. The molecule has 0 aliphatic carbocycles. The van der Waals surface area contributed by atoms with Crippen molar-refractivity contribution in [2.24, 2.45) is 5.73 Å². The molecule has 3 nitrogen and oxygen atoms in total. The van der Waals surface area contributed by atoms with Crippen molar-refractivity contribution in [3.63, 3.8) is 0 Å². The molecule has 0 bridgehead atoms. The highest BCUT2D eigenvalue weighted by Gasteiger charge is 2.11. The Balaban J connectivity index is 2.52. The fourth-order valence-electron chi connectivity index (χ4n) is 2.48. The lowest BCUT2D eigenvalue weighted by molar-refractivity contribution is 0.830. The van der Waals surface area contributed by atoms with E-state index in [0.29, 0.717) is 6.54 Å². The summed E-state index contributed by atoms with van der Waals surface area (Å²) in [6.07, 6.45) is 1.03. The van der Waals surface area contributed by atoms with Crippen LogP contribution >= 0.6 is 0 Å². The van der Waals surface area contributed by atoms with E-state index < -0.39 is 0 Å². The Kier molecular flexibility index (Phi) is 3.53. The summed E-state index contributed by atoms with van der Waals surface area (Å²) in [5.74, 6) is 0. The second-order valence-corrected chi connectivity index (χ2v) is 4.73. The number of hydrogen-bond acceptors (Lipinski definition) is 2. The topological polar surface area (TPSA) is 43.8 Å². The van der Waals surface area contributed by atoms with Crippen molar-refractivity contribution in [2.45, 2.75) is 40.7 Å². The molecule has 0 atom stereocenters. The van der Waals surface area contributed by atoms with E-state index in [0.717, 1.165) is 17.8 Å². The molecule has 3 heteroatoms. The van der Waals surface area contributed by atoms with Crippen LogP contribution in [0, 0.1) is 20.8 Å². The van der Waals surface area contributed by atoms with Gasteiger partial charge in [-0.25, -0.2) is 4.68 Å². The number of aryl methyl sites for hydroxylation is 2. The van der Waals surface area contributed by atoms with Crippen molar-refractivity contribution in [1.29, 1.82) is 0 Å². The average molecular weight is 243 g/mol. The molecule has 1 heterocycles. The first kappa shape index (κ1) is 12.8. The Labute approximate surface area is 109 Å². The summed E-state index contributed by atoms with van der Waals surface area (Å²) in [6, 6.07) is 6.34. The quantitative estimate of drug-likeness (QED) is 0.901. The lowest BCUT2D eigenvalue weighted by Gasteiger charge is -2.09. The molecule has 1 aromatic carbocycles. The molecule has 2 aromatic rings. The smallest absolute Gasteiger partial charge is 0.0651 e. The fraction of sp³-hybridized carbons (Fsp3) is 0.400. The van der Waals surface area contributed by atoms with Gasteiger partial charge in [-0.2, -0.15) is 5.10 Å². The second kappa shape index (κ2) is 4.94. The summed E-state index contributed by atoms with van der Waals surface area (Å²) in [5, 5.41) is 4.63. The Hall–Kier alpha value is -1.61. The molecule has 0 fully saturated rings. The van der Waals surface area contributed by atoms with Crippen LogP contribution in [0.25, 0.3) is 5.69 Å². The van der Waals surface area contributed by atoms with E-state index in [1.807, 2.05) is 4.68 Å². The van der Waals surface area contributed by atoms with Gasteiger partial charge >= 0.3 is 0 Å². The Morgan fingerprint density at radius 2 is 1.94 bits per heavy atom. The summed E-state index contributed by atoms with van der Waals surface area (Å²) >= 11 is 0. The van der Waals surface area contributed by atoms with E-state index in [9.17, 15) is 0 Å². The van der Waals surface area contributed by atoms with Crippen molar-refractivity contribution < 1.29 is 0 Å². The monoisotopic (exact) mass is 243 g/mol. The van der Waals surface area contributed by atoms with Crippen molar-refractivity contribution in [3.05, 3.63) is 46.3 Å². The number of nitrogens with two attached hydrogens (primary N) is 1. The van der Waals surface area contributed by atoms with Gasteiger partial charge in [0.25, 0.3) is 0 Å². The van der Waals surface area contributed by atoms with Gasteiger partial charge in [-0.15, -0.1) is 0 Å². The van der Waals surface area contributed by atoms with E-state index in [1.54, 1.807) is 0 Å². The summed E-state index contributed by atoms with van der Waals surface area (Å²) in [6.45, 7) is 9.06. The molecule has 2 rings (SSSR count). The van der Waals surface area contributed by atoms with Crippen LogP contribution in [0.2, 0.25) is 0 Å². The molecule has 96 valence electrons. The molecule has 0 saturated carbocycles. The first-order valence-corrected chi connectivity index (χ1v) is 6.43. The normalized spacial score (nSPS) is 10.9. The van der Waals surface area contributed by atoms with E-state index in [1.165, 1.54) is 22.4 Å². The largest absolute Gasteiger partial charge is 0.326 e. The van der Waals surface area contributed by atoms with Crippen molar-refractivity contribution in [3.8, 4) is 5.69 Å². The fourth-order valence-corrected chi connectivity index (χ4v) is 2.48. The zero-order valence-corrected chi connectivity index (χ0v) is 11.6. The molecule has 0 aliphatic heterocycles. The standard InChI is InChI=1S/C15H21N3/c1-5-15-11(3)17-18(12(15)4)14-7-6-13(9-16)10(2)8-14/h6-8H,5,9,16H2,1-4H3. The second-order valence-electron chi connectivity index (χ2n) is 4.73. The van der Waals surface area contributed by atoms with Gasteiger partial charge in [0.05, 0.1) is 11.4 Å². The van der Waals surface area contributed by atoms with Crippen LogP contribution in [0.1, 0.15) is 35.0 Å². The SMILES string of the molecule is CCc1c(C)nn(-c2ccc(CN)c(C)c2)c1C. The highest BCUT2D eigenvalue weighted by Crippen LogP contribution is 2.20. The highest BCUT2D eigenvalue weighted by atomic mass is 15.3. The number of aromatic nitrogens is 2. The maximum atomic E-state index is 5.70. The molecular formula is C15H21N3. The van der Waals surface area contributed by atoms with E-state index >= 15 is 0 Å². The molecule has 0 unspecified atom stereocenters.